The first-order valence-electron chi connectivity index (χ1n) is 8.65. The molecule has 1 atom stereocenters. The van der Waals surface area contributed by atoms with E-state index in [1.165, 1.54) is 0 Å². The van der Waals surface area contributed by atoms with Crippen LogP contribution in [-0.2, 0) is 15.0 Å². The van der Waals surface area contributed by atoms with E-state index in [0.717, 1.165) is 42.6 Å². The summed E-state index contributed by atoms with van der Waals surface area (Å²) >= 11 is 0. The molecule has 0 aromatic heterocycles. The SMILES string of the molecule is COc1cc(C2(C(=O)N3CC[C@@H](C(=O)O)C3)CCCC2)ccc1C. The highest BCUT2D eigenvalue weighted by atomic mass is 16.5. The van der Waals surface area contributed by atoms with Gasteiger partial charge in [0.15, 0.2) is 0 Å². The van der Waals surface area contributed by atoms with Crippen molar-refractivity contribution in [2.45, 2.75) is 44.4 Å². The van der Waals surface area contributed by atoms with Gasteiger partial charge in [-0.15, -0.1) is 0 Å². The number of carbonyl (C=O) groups is 2. The van der Waals surface area contributed by atoms with Gasteiger partial charge in [-0.25, -0.2) is 0 Å². The third kappa shape index (κ3) is 2.76. The molecule has 1 aromatic rings. The number of nitrogens with zero attached hydrogens (tertiary/aromatic N) is 1. The molecular formula is C19H25NO4. The summed E-state index contributed by atoms with van der Waals surface area (Å²) in [6.45, 7) is 2.86. The van der Waals surface area contributed by atoms with Gasteiger partial charge in [-0.2, -0.15) is 0 Å². The van der Waals surface area contributed by atoms with Crippen molar-refractivity contribution in [1.82, 2.24) is 4.90 Å². The van der Waals surface area contributed by atoms with Crippen molar-refractivity contribution in [1.29, 1.82) is 0 Å². The van der Waals surface area contributed by atoms with Crippen LogP contribution in [0.1, 0.15) is 43.2 Å². The molecule has 3 rings (SSSR count). The second-order valence-electron chi connectivity index (χ2n) is 7.05. The standard InChI is InChI=1S/C19H25NO4/c1-13-5-6-15(11-16(13)24-2)19(8-3-4-9-19)18(23)20-10-7-14(12-20)17(21)22/h5-6,11,14H,3-4,7-10,12H2,1-2H3,(H,21,22)/t14-/m1/s1. The second kappa shape index (κ2) is 6.46. The topological polar surface area (TPSA) is 66.8 Å². The number of carbonyl (C=O) groups excluding carboxylic acids is 1. The van der Waals surface area contributed by atoms with Crippen molar-refractivity contribution >= 4 is 11.9 Å². The van der Waals surface area contributed by atoms with Crippen LogP contribution in [-0.4, -0.2) is 42.1 Å². The minimum Gasteiger partial charge on any atom is -0.496 e. The summed E-state index contributed by atoms with van der Waals surface area (Å²) in [4.78, 5) is 26.3. The average Bonchev–Trinajstić information content (AvgIpc) is 3.25. The molecule has 1 N–H and O–H groups in total. The first kappa shape index (κ1) is 16.8. The largest absolute Gasteiger partial charge is 0.496 e. The molecular weight excluding hydrogens is 306 g/mol. The van der Waals surface area contributed by atoms with Gasteiger partial charge in [-0.05, 0) is 43.4 Å². The van der Waals surface area contributed by atoms with E-state index in [1.54, 1.807) is 12.0 Å². The highest BCUT2D eigenvalue weighted by Gasteiger charge is 2.47. The number of amides is 1. The molecule has 2 fully saturated rings. The van der Waals surface area contributed by atoms with Gasteiger partial charge in [-0.3, -0.25) is 9.59 Å². The Morgan fingerprint density at radius 2 is 2.00 bits per heavy atom. The molecule has 1 amide bonds. The summed E-state index contributed by atoms with van der Waals surface area (Å²) in [7, 11) is 1.65. The quantitative estimate of drug-likeness (QED) is 0.921. The average molecular weight is 331 g/mol. The zero-order valence-corrected chi connectivity index (χ0v) is 14.4. The molecule has 1 saturated heterocycles. The smallest absolute Gasteiger partial charge is 0.308 e. The highest BCUT2D eigenvalue weighted by molar-refractivity contribution is 5.89. The molecule has 1 saturated carbocycles. The van der Waals surface area contributed by atoms with Gasteiger partial charge in [0.1, 0.15) is 5.75 Å². The monoisotopic (exact) mass is 331 g/mol. The molecule has 0 spiro atoms. The third-order valence-corrected chi connectivity index (χ3v) is 5.65. The Bertz CT molecular complexity index is 649. The molecule has 130 valence electrons. The predicted octanol–water partition coefficient (Wildman–Crippen LogP) is 2.75. The normalized spacial score (nSPS) is 22.6. The lowest BCUT2D eigenvalue weighted by molar-refractivity contribution is -0.142. The van der Waals surface area contributed by atoms with Crippen LogP contribution in [0.3, 0.4) is 0 Å². The van der Waals surface area contributed by atoms with E-state index in [4.69, 9.17) is 4.74 Å². The number of aliphatic carboxylic acids is 1. The van der Waals surface area contributed by atoms with Crippen molar-refractivity contribution in [3.63, 3.8) is 0 Å². The molecule has 0 radical (unpaired) electrons. The predicted molar refractivity (Wildman–Crippen MR) is 90.2 cm³/mol. The molecule has 1 heterocycles. The van der Waals surface area contributed by atoms with Gasteiger partial charge < -0.3 is 14.7 Å². The van der Waals surface area contributed by atoms with Gasteiger partial charge in [0.25, 0.3) is 0 Å². The fourth-order valence-electron chi connectivity index (χ4n) is 4.17. The van der Waals surface area contributed by atoms with Crippen molar-refractivity contribution in [2.75, 3.05) is 20.2 Å². The van der Waals surface area contributed by atoms with Gasteiger partial charge in [0.05, 0.1) is 18.4 Å². The fraction of sp³-hybridized carbons (Fsp3) is 0.579. The summed E-state index contributed by atoms with van der Waals surface area (Å²) in [5.74, 6) is -0.339. The fourth-order valence-corrected chi connectivity index (χ4v) is 4.17. The zero-order valence-electron chi connectivity index (χ0n) is 14.4. The number of carboxylic acid groups (broad SMARTS) is 1. The van der Waals surface area contributed by atoms with Crippen molar-refractivity contribution < 1.29 is 19.4 Å². The highest BCUT2D eigenvalue weighted by Crippen LogP contribution is 2.44. The number of carboxylic acids is 1. The number of benzene rings is 1. The van der Waals surface area contributed by atoms with E-state index in [2.05, 4.69) is 0 Å². The van der Waals surface area contributed by atoms with E-state index in [0.29, 0.717) is 19.5 Å². The number of likely N-dealkylation sites (tertiary alicyclic amines) is 1. The molecule has 5 nitrogen and oxygen atoms in total. The lowest BCUT2D eigenvalue weighted by Gasteiger charge is -2.33. The van der Waals surface area contributed by atoms with Gasteiger partial charge in [0.2, 0.25) is 5.91 Å². The Labute approximate surface area is 142 Å². The molecule has 24 heavy (non-hydrogen) atoms. The summed E-state index contributed by atoms with van der Waals surface area (Å²) < 4.78 is 5.44. The van der Waals surface area contributed by atoms with Crippen LogP contribution in [0, 0.1) is 12.8 Å². The minimum atomic E-state index is -0.803. The first-order chi connectivity index (χ1) is 11.5. The lowest BCUT2D eigenvalue weighted by atomic mass is 9.77. The maximum atomic E-state index is 13.3. The van der Waals surface area contributed by atoms with Crippen LogP contribution in [0.25, 0.3) is 0 Å². The van der Waals surface area contributed by atoms with Crippen LogP contribution in [0.5, 0.6) is 5.75 Å². The number of rotatable bonds is 4. The number of hydrogen-bond donors (Lipinski definition) is 1. The van der Waals surface area contributed by atoms with Crippen LogP contribution in [0.15, 0.2) is 18.2 Å². The molecule has 1 aromatic carbocycles. The maximum absolute atomic E-state index is 13.3. The molecule has 5 heteroatoms. The summed E-state index contributed by atoms with van der Waals surface area (Å²) in [5.41, 5.74) is 1.54. The zero-order chi connectivity index (χ0) is 17.3. The second-order valence-corrected chi connectivity index (χ2v) is 7.05. The van der Waals surface area contributed by atoms with Gasteiger partial charge in [-0.1, -0.05) is 25.0 Å². The van der Waals surface area contributed by atoms with Crippen LogP contribution < -0.4 is 4.74 Å². The number of methoxy groups -OCH3 is 1. The maximum Gasteiger partial charge on any atom is 0.308 e. The van der Waals surface area contributed by atoms with E-state index < -0.39 is 17.3 Å². The van der Waals surface area contributed by atoms with Crippen LogP contribution in [0.4, 0.5) is 0 Å². The number of hydrogen-bond acceptors (Lipinski definition) is 3. The van der Waals surface area contributed by atoms with Crippen molar-refractivity contribution in [3.8, 4) is 5.75 Å². The Hall–Kier alpha value is -2.04. The molecule has 1 aliphatic carbocycles. The van der Waals surface area contributed by atoms with E-state index >= 15 is 0 Å². The summed E-state index contributed by atoms with van der Waals surface area (Å²) in [6, 6.07) is 6.03. The summed E-state index contributed by atoms with van der Waals surface area (Å²) in [5, 5.41) is 9.20. The van der Waals surface area contributed by atoms with Crippen LogP contribution in [0.2, 0.25) is 0 Å². The third-order valence-electron chi connectivity index (χ3n) is 5.65. The molecule has 1 aliphatic heterocycles. The lowest BCUT2D eigenvalue weighted by Crippen LogP contribution is -2.44. The molecule has 0 unspecified atom stereocenters. The number of aryl methyl sites for hydroxylation is 1. The summed E-state index contributed by atoms with van der Waals surface area (Å²) in [6.07, 6.45) is 4.25. The number of ether oxygens (including phenoxy) is 1. The van der Waals surface area contributed by atoms with Gasteiger partial charge >= 0.3 is 5.97 Å². The Balaban J connectivity index is 1.91. The first-order valence-corrected chi connectivity index (χ1v) is 8.65. The van der Waals surface area contributed by atoms with Gasteiger partial charge in [0, 0.05) is 13.1 Å². The molecule has 0 bridgehead atoms. The molecule has 2 aliphatic rings. The van der Waals surface area contributed by atoms with Crippen LogP contribution >= 0.6 is 0 Å². The van der Waals surface area contributed by atoms with Crippen molar-refractivity contribution in [2.24, 2.45) is 5.92 Å². The van der Waals surface area contributed by atoms with E-state index in [9.17, 15) is 14.7 Å². The Morgan fingerprint density at radius 3 is 2.58 bits per heavy atom. The Morgan fingerprint density at radius 1 is 1.29 bits per heavy atom. The van der Waals surface area contributed by atoms with Crippen molar-refractivity contribution in [3.05, 3.63) is 29.3 Å². The Kier molecular flexibility index (Phi) is 4.52. The minimum absolute atomic E-state index is 0.0923. The van der Waals surface area contributed by atoms with E-state index in [-0.39, 0.29) is 5.91 Å². The van der Waals surface area contributed by atoms with E-state index in [1.807, 2.05) is 25.1 Å².